The normalized spacial score (nSPS) is 15.9. The molecule has 1 aliphatic rings. The highest BCUT2D eigenvalue weighted by atomic mass is 35.5. The summed E-state index contributed by atoms with van der Waals surface area (Å²) in [5.41, 5.74) is 3.47. The third kappa shape index (κ3) is 7.76. The number of pyridine rings is 1. The van der Waals surface area contributed by atoms with Gasteiger partial charge in [-0.2, -0.15) is 5.06 Å². The molecule has 0 aliphatic carbocycles. The Kier molecular flexibility index (Phi) is 10.6. The van der Waals surface area contributed by atoms with Gasteiger partial charge in [-0.05, 0) is 36.4 Å². The van der Waals surface area contributed by atoms with Gasteiger partial charge in [-0.15, -0.1) is 0 Å². The summed E-state index contributed by atoms with van der Waals surface area (Å²) in [6, 6.07) is 13.1. The maximum atomic E-state index is 14.0. The Balaban J connectivity index is 1.51. The molecule has 0 bridgehead atoms. The molecule has 2 aromatic carbocycles. The highest BCUT2D eigenvalue weighted by Crippen LogP contribution is 2.22. The molecule has 0 radical (unpaired) electrons. The zero-order valence-electron chi connectivity index (χ0n) is 23.1. The van der Waals surface area contributed by atoms with Crippen molar-refractivity contribution in [3.05, 3.63) is 71.1 Å². The number of amides is 3. The van der Waals surface area contributed by atoms with Crippen molar-refractivity contribution in [2.24, 2.45) is 0 Å². The van der Waals surface area contributed by atoms with Crippen LogP contribution in [0.5, 0.6) is 0 Å². The van der Waals surface area contributed by atoms with Gasteiger partial charge in [0.05, 0.1) is 17.7 Å². The van der Waals surface area contributed by atoms with E-state index in [1.165, 1.54) is 24.1 Å². The highest BCUT2D eigenvalue weighted by molar-refractivity contribution is 6.31. The van der Waals surface area contributed by atoms with Crippen LogP contribution in [0.4, 0.5) is 10.2 Å². The van der Waals surface area contributed by atoms with E-state index in [1.807, 2.05) is 36.1 Å². The number of anilines is 1. The number of carbonyl (C=O) groups excluding carboxylic acids is 3. The molecular weight excluding hydrogens is 551 g/mol. The summed E-state index contributed by atoms with van der Waals surface area (Å²) < 4.78 is 14.0. The number of piperazine rings is 1. The second-order valence-corrected chi connectivity index (χ2v) is 10.3. The average Bonchev–Trinajstić information content (AvgIpc) is 2.97. The monoisotopic (exact) mass is 584 g/mol. The minimum atomic E-state index is -0.662. The highest BCUT2D eigenvalue weighted by Gasteiger charge is 2.28. The van der Waals surface area contributed by atoms with E-state index in [9.17, 15) is 18.8 Å². The van der Waals surface area contributed by atoms with Crippen molar-refractivity contribution in [1.29, 1.82) is 0 Å². The van der Waals surface area contributed by atoms with Crippen molar-refractivity contribution in [1.82, 2.24) is 25.6 Å². The van der Waals surface area contributed by atoms with E-state index in [-0.39, 0.29) is 54.7 Å². The minimum Gasteiger partial charge on any atom is -0.337 e. The number of hydrazine groups is 1. The number of carbonyl (C=O) groups is 3. The maximum absolute atomic E-state index is 14.0. The third-order valence-electron chi connectivity index (χ3n) is 7.03. The molecule has 2 heterocycles. The molecule has 3 amide bonds. The topological polar surface area (TPSA) is 107 Å². The Labute approximate surface area is 243 Å². The summed E-state index contributed by atoms with van der Waals surface area (Å²) in [5, 5.41) is 7.34. The Hall–Kier alpha value is -3.64. The maximum Gasteiger partial charge on any atom is 0.239 e. The average molecular weight is 585 g/mol. The molecule has 12 heteroatoms. The van der Waals surface area contributed by atoms with Gasteiger partial charge in [-0.1, -0.05) is 48.0 Å². The first-order chi connectivity index (χ1) is 19.8. The standard InChI is InChI=1S/C29H34ClFN6O4/c1-20-15-32-12-13-35(20)28(40)11-10-25(37(21(2)39)34-17-24-8-5-9-26(31)29(24)30)18-41-36(19-38)27-14-22-6-3-4-7-23(22)16-33-27/h3-9,14,16,19-20,25,32,34H,10-13,15,17-18H2,1-2H3/t20-,25-/m0/s1. The molecular formula is C29H34ClFN6O4. The van der Waals surface area contributed by atoms with Crippen LogP contribution in [0.25, 0.3) is 10.8 Å². The van der Waals surface area contributed by atoms with Gasteiger partial charge >= 0.3 is 0 Å². The van der Waals surface area contributed by atoms with Crippen LogP contribution in [0.15, 0.2) is 54.7 Å². The molecule has 1 saturated heterocycles. The van der Waals surface area contributed by atoms with E-state index in [0.717, 1.165) is 15.8 Å². The fourth-order valence-electron chi connectivity index (χ4n) is 4.79. The van der Waals surface area contributed by atoms with Gasteiger partial charge in [0.15, 0.2) is 5.82 Å². The molecule has 0 saturated carbocycles. The lowest BCUT2D eigenvalue weighted by atomic mass is 10.1. The first kappa shape index (κ1) is 30.3. The van der Waals surface area contributed by atoms with Gasteiger partial charge in [0.25, 0.3) is 0 Å². The van der Waals surface area contributed by atoms with Crippen LogP contribution in [0.1, 0.15) is 32.3 Å². The summed E-state index contributed by atoms with van der Waals surface area (Å²) in [5.74, 6) is -0.683. The van der Waals surface area contributed by atoms with Gasteiger partial charge in [-0.3, -0.25) is 24.2 Å². The zero-order chi connectivity index (χ0) is 29.4. The van der Waals surface area contributed by atoms with Gasteiger partial charge in [0.1, 0.15) is 5.82 Å². The van der Waals surface area contributed by atoms with Crippen molar-refractivity contribution >= 4 is 46.4 Å². The Bertz CT molecular complexity index is 1380. The van der Waals surface area contributed by atoms with Crippen molar-refractivity contribution < 1.29 is 23.6 Å². The minimum absolute atomic E-state index is 0.0379. The number of hydroxylamine groups is 1. The van der Waals surface area contributed by atoms with E-state index < -0.39 is 11.9 Å². The van der Waals surface area contributed by atoms with E-state index in [2.05, 4.69) is 15.7 Å². The molecule has 4 rings (SSSR count). The summed E-state index contributed by atoms with van der Waals surface area (Å²) in [6.45, 7) is 5.30. The Morgan fingerprint density at radius 2 is 2.05 bits per heavy atom. The number of benzene rings is 2. The molecule has 1 aliphatic heterocycles. The second kappa shape index (κ2) is 14.3. The summed E-state index contributed by atoms with van der Waals surface area (Å²) >= 11 is 6.12. The lowest BCUT2D eigenvalue weighted by Crippen LogP contribution is -2.53. The number of rotatable bonds is 12. The second-order valence-electron chi connectivity index (χ2n) is 9.89. The van der Waals surface area contributed by atoms with Gasteiger partial charge in [-0.25, -0.2) is 14.8 Å². The molecule has 218 valence electrons. The van der Waals surface area contributed by atoms with Crippen molar-refractivity contribution in [3.63, 3.8) is 0 Å². The molecule has 0 spiro atoms. The molecule has 0 unspecified atom stereocenters. The molecule has 2 N–H and O–H groups in total. The summed E-state index contributed by atoms with van der Waals surface area (Å²) in [6.07, 6.45) is 2.54. The van der Waals surface area contributed by atoms with E-state index in [0.29, 0.717) is 31.6 Å². The number of halogens is 2. The molecule has 2 atom stereocenters. The van der Waals surface area contributed by atoms with Gasteiger partial charge < -0.3 is 10.2 Å². The molecule has 41 heavy (non-hydrogen) atoms. The molecule has 1 aromatic heterocycles. The third-order valence-corrected chi connectivity index (χ3v) is 7.46. The first-order valence-electron chi connectivity index (χ1n) is 13.5. The summed E-state index contributed by atoms with van der Waals surface area (Å²) in [4.78, 5) is 49.9. The number of fused-ring (bicyclic) bond motifs is 1. The van der Waals surface area contributed by atoms with E-state index >= 15 is 0 Å². The number of hydrogen-bond donors (Lipinski definition) is 2. The molecule has 1 fully saturated rings. The van der Waals surface area contributed by atoms with E-state index in [1.54, 1.807) is 18.3 Å². The predicted octanol–water partition coefficient (Wildman–Crippen LogP) is 3.44. The number of nitrogens with one attached hydrogen (secondary N) is 2. The lowest BCUT2D eigenvalue weighted by Gasteiger charge is -2.35. The molecule has 3 aromatic rings. The summed E-state index contributed by atoms with van der Waals surface area (Å²) in [7, 11) is 0. The van der Waals surface area contributed by atoms with Crippen LogP contribution in [0.3, 0.4) is 0 Å². The Morgan fingerprint density at radius 1 is 1.27 bits per heavy atom. The lowest BCUT2D eigenvalue weighted by molar-refractivity contribution is -0.140. The fraction of sp³-hybridized carbons (Fsp3) is 0.379. The fourth-order valence-corrected chi connectivity index (χ4v) is 4.99. The number of nitrogens with zero attached hydrogens (tertiary/aromatic N) is 4. The number of hydrogen-bond acceptors (Lipinski definition) is 7. The van der Waals surface area contributed by atoms with Crippen molar-refractivity contribution in [2.45, 2.75) is 45.3 Å². The van der Waals surface area contributed by atoms with Crippen LogP contribution in [0, 0.1) is 5.82 Å². The van der Waals surface area contributed by atoms with E-state index in [4.69, 9.17) is 16.4 Å². The van der Waals surface area contributed by atoms with Crippen LogP contribution < -0.4 is 15.8 Å². The first-order valence-corrected chi connectivity index (χ1v) is 13.8. The van der Waals surface area contributed by atoms with Crippen molar-refractivity contribution in [3.8, 4) is 0 Å². The largest absolute Gasteiger partial charge is 0.337 e. The van der Waals surface area contributed by atoms with Crippen LogP contribution >= 0.6 is 11.6 Å². The van der Waals surface area contributed by atoms with Gasteiger partial charge in [0, 0.05) is 57.1 Å². The van der Waals surface area contributed by atoms with Crippen molar-refractivity contribution in [2.75, 3.05) is 31.3 Å². The SMILES string of the molecule is CC(=O)N(NCc1cccc(F)c1Cl)[C@@H](CCC(=O)N1CCNC[C@@H]1C)CON(C=O)c1cc2ccccc2cn1. The smallest absolute Gasteiger partial charge is 0.239 e. The zero-order valence-corrected chi connectivity index (χ0v) is 23.8. The Morgan fingerprint density at radius 3 is 2.78 bits per heavy atom. The van der Waals surface area contributed by atoms with Crippen LogP contribution in [-0.4, -0.2) is 71.4 Å². The predicted molar refractivity (Wildman–Crippen MR) is 154 cm³/mol. The molecule has 10 nitrogen and oxygen atoms in total. The van der Waals surface area contributed by atoms with Crippen LogP contribution in [-0.2, 0) is 25.8 Å². The van der Waals surface area contributed by atoms with Gasteiger partial charge in [0.2, 0.25) is 18.2 Å². The quantitative estimate of drug-likeness (QED) is 0.248. The number of aromatic nitrogens is 1. The van der Waals surface area contributed by atoms with Crippen LogP contribution in [0.2, 0.25) is 5.02 Å².